The van der Waals surface area contributed by atoms with Crippen LogP contribution < -0.4 is 0 Å². The third-order valence-corrected chi connectivity index (χ3v) is 8.26. The van der Waals surface area contributed by atoms with Gasteiger partial charge in [-0.05, 0) is 18.2 Å². The summed E-state index contributed by atoms with van der Waals surface area (Å²) in [5.41, 5.74) is -39.4. The number of alkyl halides is 18. The number of rotatable bonds is 3. The van der Waals surface area contributed by atoms with Gasteiger partial charge >= 0.3 is 37.1 Å². The molecule has 0 aromatic heterocycles. The summed E-state index contributed by atoms with van der Waals surface area (Å²) in [5.74, 6) is 0. The second kappa shape index (κ2) is 14.7. The molecule has 0 heterocycles. The molecule has 306 valence electrons. The number of hydrogen-bond acceptors (Lipinski definition) is 6. The fourth-order valence-electron chi connectivity index (χ4n) is 6.17. The van der Waals surface area contributed by atoms with Gasteiger partial charge in [0.05, 0.1) is 85.0 Å². The summed E-state index contributed by atoms with van der Waals surface area (Å²) in [7, 11) is 0. The average molecular weight is 864 g/mol. The molecule has 0 unspecified atom stereocenters. The van der Waals surface area contributed by atoms with E-state index in [0.717, 1.165) is 36.4 Å². The van der Waals surface area contributed by atoms with E-state index in [0.29, 0.717) is 0 Å². The van der Waals surface area contributed by atoms with E-state index in [2.05, 4.69) is 0 Å². The van der Waals surface area contributed by atoms with Crippen molar-refractivity contribution in [2.45, 2.75) is 37.1 Å². The second-order valence-corrected chi connectivity index (χ2v) is 11.6. The molecule has 0 amide bonds. The highest BCUT2D eigenvalue weighted by Crippen LogP contribution is 2.60. The highest BCUT2D eigenvalue weighted by molar-refractivity contribution is 6.13. The van der Waals surface area contributed by atoms with Crippen molar-refractivity contribution in [2.75, 3.05) is 0 Å². The number of halogens is 18. The number of benzene rings is 3. The third-order valence-electron chi connectivity index (χ3n) is 8.26. The lowest BCUT2D eigenvalue weighted by Gasteiger charge is -2.20. The standard InChI is InChI=1S/C36H6F18N6/c37-31(38,39)25-13(7-55)1-4-16(28(25)34(46,47)48)19(10-58)22-23(20(11-59)17-5-2-14(8-56)26(32(40,41)42)29(17)35(49,50)51)24(22)21(12-60)18-6-3-15(9-57)27(33(43,44)45)30(18)36(52,53)54/h1-6H. The molecule has 0 saturated heterocycles. The predicted octanol–water partition coefficient (Wildman–Crippen LogP) is 11.7. The molecule has 0 radical (unpaired) electrons. The smallest absolute Gasteiger partial charge is 0.192 e. The first kappa shape index (κ1) is 45.3. The van der Waals surface area contributed by atoms with E-state index >= 15 is 0 Å². The van der Waals surface area contributed by atoms with Crippen molar-refractivity contribution in [3.05, 3.63) is 120 Å². The van der Waals surface area contributed by atoms with Crippen LogP contribution in [0.5, 0.6) is 0 Å². The summed E-state index contributed by atoms with van der Waals surface area (Å²) in [6.45, 7) is 0. The van der Waals surface area contributed by atoms with E-state index < -0.39 is 137 Å². The van der Waals surface area contributed by atoms with E-state index in [1.54, 1.807) is 0 Å². The first-order valence-electron chi connectivity index (χ1n) is 15.0. The van der Waals surface area contributed by atoms with Gasteiger partial charge in [0.1, 0.15) is 18.2 Å². The Balaban J connectivity index is 2.51. The molecule has 4 rings (SSSR count). The van der Waals surface area contributed by atoms with Crippen molar-refractivity contribution in [3.8, 4) is 36.4 Å². The van der Waals surface area contributed by atoms with E-state index in [1.807, 2.05) is 0 Å². The lowest BCUT2D eigenvalue weighted by molar-refractivity contribution is -0.162. The maximum absolute atomic E-state index is 14.5. The van der Waals surface area contributed by atoms with Gasteiger partial charge in [-0.3, -0.25) is 0 Å². The molecule has 60 heavy (non-hydrogen) atoms. The van der Waals surface area contributed by atoms with Crippen molar-refractivity contribution < 1.29 is 79.0 Å². The fourth-order valence-corrected chi connectivity index (χ4v) is 6.17. The average Bonchev–Trinajstić information content (AvgIpc) is 3.82. The van der Waals surface area contributed by atoms with Gasteiger partial charge in [0.2, 0.25) is 0 Å². The lowest BCUT2D eigenvalue weighted by Crippen LogP contribution is -2.20. The van der Waals surface area contributed by atoms with Gasteiger partial charge < -0.3 is 0 Å². The van der Waals surface area contributed by atoms with Crippen LogP contribution in [0.1, 0.15) is 66.8 Å². The lowest BCUT2D eigenvalue weighted by atomic mass is 9.90. The maximum Gasteiger partial charge on any atom is 0.418 e. The number of nitriles is 6. The molecule has 1 fully saturated rings. The van der Waals surface area contributed by atoms with Crippen LogP contribution in [0.3, 0.4) is 0 Å². The van der Waals surface area contributed by atoms with Gasteiger partial charge in [-0.25, -0.2) is 0 Å². The zero-order chi connectivity index (χ0) is 45.9. The first-order chi connectivity index (χ1) is 27.4. The first-order valence-corrected chi connectivity index (χ1v) is 15.0. The van der Waals surface area contributed by atoms with Gasteiger partial charge in [-0.2, -0.15) is 111 Å². The van der Waals surface area contributed by atoms with Crippen LogP contribution in [-0.2, 0) is 37.1 Å². The van der Waals surface area contributed by atoms with Crippen molar-refractivity contribution in [2.24, 2.45) is 0 Å². The molecule has 1 saturated carbocycles. The molecular weight excluding hydrogens is 858 g/mol. The topological polar surface area (TPSA) is 143 Å². The Morgan fingerprint density at radius 2 is 0.483 bits per heavy atom. The van der Waals surface area contributed by atoms with Crippen LogP contribution in [-0.4, -0.2) is 0 Å². The summed E-state index contributed by atoms with van der Waals surface area (Å²) in [6.07, 6.45) is -37.3. The van der Waals surface area contributed by atoms with Crippen LogP contribution in [0, 0.1) is 68.0 Å². The zero-order valence-corrected chi connectivity index (χ0v) is 28.0. The van der Waals surface area contributed by atoms with Gasteiger partial charge in [0, 0.05) is 33.4 Å². The SMILES string of the molecule is N#CC(=C1C(=C(C#N)c2ccc(C#N)c(C(F)(F)F)c2C(F)(F)F)C1=C(C#N)c1ccc(C#N)c(C(F)(F)F)c1C(F)(F)F)c1ccc(C#N)c(C(F)(F)F)c1C(F)(F)F. The van der Waals surface area contributed by atoms with Crippen molar-refractivity contribution in [1.29, 1.82) is 31.6 Å². The maximum atomic E-state index is 14.5. The third kappa shape index (κ3) is 7.88. The van der Waals surface area contributed by atoms with Crippen molar-refractivity contribution in [1.82, 2.24) is 0 Å². The van der Waals surface area contributed by atoms with Crippen molar-refractivity contribution in [3.63, 3.8) is 0 Å². The minimum absolute atomic E-state index is 0.00677. The molecule has 6 nitrogen and oxygen atoms in total. The van der Waals surface area contributed by atoms with Crippen LogP contribution >= 0.6 is 0 Å². The number of allylic oxidation sites excluding steroid dienone is 6. The van der Waals surface area contributed by atoms with Gasteiger partial charge in [-0.15, -0.1) is 0 Å². The molecule has 1 aliphatic carbocycles. The zero-order valence-electron chi connectivity index (χ0n) is 28.0. The van der Waals surface area contributed by atoms with E-state index in [9.17, 15) is 111 Å². The predicted molar refractivity (Wildman–Crippen MR) is 161 cm³/mol. The van der Waals surface area contributed by atoms with E-state index in [1.165, 1.54) is 0 Å². The Kier molecular flexibility index (Phi) is 11.1. The Hall–Kier alpha value is -7.44. The molecule has 0 spiro atoms. The highest BCUT2D eigenvalue weighted by atomic mass is 19.4. The Bertz CT molecular complexity index is 2420. The van der Waals surface area contributed by atoms with E-state index in [-0.39, 0.29) is 36.4 Å². The minimum Gasteiger partial charge on any atom is -0.192 e. The summed E-state index contributed by atoms with van der Waals surface area (Å²) in [5, 5.41) is 57.9. The van der Waals surface area contributed by atoms with Crippen LogP contribution in [0.15, 0.2) is 53.1 Å². The van der Waals surface area contributed by atoms with Gasteiger partial charge in [0.15, 0.2) is 0 Å². The summed E-state index contributed by atoms with van der Waals surface area (Å²) < 4.78 is 258. The fraction of sp³-hybridized carbons (Fsp3) is 0.167. The second-order valence-electron chi connectivity index (χ2n) is 11.6. The Morgan fingerprint density at radius 1 is 0.300 bits per heavy atom. The highest BCUT2D eigenvalue weighted by Gasteiger charge is 2.53. The summed E-state index contributed by atoms with van der Waals surface area (Å²) in [6, 6.07) is 4.90. The van der Waals surface area contributed by atoms with E-state index in [4.69, 9.17) is 0 Å². The minimum atomic E-state index is -6.29. The normalized spacial score (nSPS) is 13.3. The Labute approximate surface area is 320 Å². The molecule has 0 N–H and O–H groups in total. The molecule has 1 aliphatic rings. The van der Waals surface area contributed by atoms with Crippen LogP contribution in [0.2, 0.25) is 0 Å². The summed E-state index contributed by atoms with van der Waals surface area (Å²) in [4.78, 5) is 0. The van der Waals surface area contributed by atoms with Gasteiger partial charge in [-0.1, -0.05) is 18.2 Å². The van der Waals surface area contributed by atoms with Crippen LogP contribution in [0.4, 0.5) is 79.0 Å². The molecule has 24 heteroatoms. The van der Waals surface area contributed by atoms with Crippen LogP contribution in [0.25, 0.3) is 16.7 Å². The molecule has 0 bridgehead atoms. The monoisotopic (exact) mass is 864 g/mol. The molecule has 3 aromatic carbocycles. The number of hydrogen-bond donors (Lipinski definition) is 0. The summed E-state index contributed by atoms with van der Waals surface area (Å²) >= 11 is 0. The molecule has 0 atom stereocenters. The van der Waals surface area contributed by atoms with Crippen molar-refractivity contribution >= 4 is 16.7 Å². The quantitative estimate of drug-likeness (QED) is 0.189. The Morgan fingerprint density at radius 3 is 0.617 bits per heavy atom. The molecular formula is C36H6F18N6. The largest absolute Gasteiger partial charge is 0.418 e. The van der Waals surface area contributed by atoms with Gasteiger partial charge in [0.25, 0.3) is 0 Å². The molecule has 3 aromatic rings. The number of nitrogens with zero attached hydrogens (tertiary/aromatic N) is 6. The molecule has 0 aliphatic heterocycles.